The van der Waals surface area contributed by atoms with Gasteiger partial charge in [-0.15, -0.1) is 0 Å². The molecule has 0 aromatic rings. The van der Waals surface area contributed by atoms with E-state index in [1.165, 1.54) is 7.11 Å². The van der Waals surface area contributed by atoms with E-state index in [2.05, 4.69) is 39.3 Å². The molecule has 1 unspecified atom stereocenters. The van der Waals surface area contributed by atoms with Crippen LogP contribution in [0.25, 0.3) is 0 Å². The van der Waals surface area contributed by atoms with Gasteiger partial charge in [-0.25, -0.2) is 4.79 Å². The predicted molar refractivity (Wildman–Crippen MR) is 114 cm³/mol. The summed E-state index contributed by atoms with van der Waals surface area (Å²) < 4.78 is 24.0. The molecule has 0 aromatic carbocycles. The van der Waals surface area contributed by atoms with Crippen molar-refractivity contribution < 1.29 is 23.1 Å². The highest BCUT2D eigenvalue weighted by atomic mass is 28.4. The number of carbonyl (C=O) groups excluding carboxylic acids is 1. The SMILES string of the molecule is COC(=O)C([SiH3])=CC1([SiH2]C(O[Si](C)(C)C)O[Si](C)(C)C)CCCCO1. The molecule has 0 spiro atoms. The van der Waals surface area contributed by atoms with E-state index < -0.39 is 26.2 Å². The zero-order valence-electron chi connectivity index (χ0n) is 17.2. The highest BCUT2D eigenvalue weighted by molar-refractivity contribution is 6.72. The maximum Gasteiger partial charge on any atom is 0.328 e. The monoisotopic (exact) mass is 420 g/mol. The van der Waals surface area contributed by atoms with Gasteiger partial charge in [-0.1, -0.05) is 6.08 Å². The molecule has 0 N–H and O–H groups in total. The van der Waals surface area contributed by atoms with Gasteiger partial charge in [0, 0.05) is 22.0 Å². The van der Waals surface area contributed by atoms with Crippen molar-refractivity contribution in [2.75, 3.05) is 13.7 Å². The van der Waals surface area contributed by atoms with Crippen molar-refractivity contribution in [3.8, 4) is 0 Å². The fraction of sp³-hybridized carbons (Fsp3) is 0.812. The molecule has 0 aromatic heterocycles. The fourth-order valence-corrected chi connectivity index (χ4v) is 11.3. The summed E-state index contributed by atoms with van der Waals surface area (Å²) >= 11 is 0. The summed E-state index contributed by atoms with van der Waals surface area (Å²) in [5.74, 6) is -0.386. The van der Waals surface area contributed by atoms with Crippen molar-refractivity contribution in [2.45, 2.75) is 69.7 Å². The second-order valence-electron chi connectivity index (χ2n) is 8.78. The first-order valence-electron chi connectivity index (χ1n) is 9.13. The number of rotatable bonds is 8. The third kappa shape index (κ3) is 8.93. The zero-order valence-corrected chi connectivity index (χ0v) is 22.6. The van der Waals surface area contributed by atoms with Crippen LogP contribution in [0, 0.1) is 0 Å². The number of hydrogen-bond acceptors (Lipinski definition) is 5. The summed E-state index contributed by atoms with van der Waals surface area (Å²) in [7, 11) is -2.31. The van der Waals surface area contributed by atoms with Crippen LogP contribution >= 0.6 is 0 Å². The van der Waals surface area contributed by atoms with E-state index in [1.807, 2.05) is 6.08 Å². The van der Waals surface area contributed by atoms with Crippen LogP contribution in [-0.4, -0.2) is 67.2 Å². The molecular weight excluding hydrogens is 385 g/mol. The molecule has 1 heterocycles. The number of esters is 1. The van der Waals surface area contributed by atoms with Gasteiger partial charge in [-0.05, 0) is 58.5 Å². The first kappa shape index (κ1) is 23.0. The molecule has 1 aliphatic rings. The minimum atomic E-state index is -1.73. The van der Waals surface area contributed by atoms with Gasteiger partial charge >= 0.3 is 5.97 Å². The Bertz CT molecular complexity index is 460. The van der Waals surface area contributed by atoms with Crippen LogP contribution in [0.2, 0.25) is 39.3 Å². The Morgan fingerprint density at radius 3 is 2.12 bits per heavy atom. The quantitative estimate of drug-likeness (QED) is 0.257. The van der Waals surface area contributed by atoms with Gasteiger partial charge in [0.15, 0.2) is 16.6 Å². The van der Waals surface area contributed by atoms with Gasteiger partial charge in [-0.3, -0.25) is 0 Å². The van der Waals surface area contributed by atoms with Crippen LogP contribution in [0.3, 0.4) is 0 Å². The second-order valence-corrected chi connectivity index (χ2v) is 21.1. The Balaban J connectivity index is 3.08. The summed E-state index contributed by atoms with van der Waals surface area (Å²) in [4.78, 5) is 11.9. The van der Waals surface area contributed by atoms with E-state index in [0.29, 0.717) is 10.2 Å². The topological polar surface area (TPSA) is 54.0 Å². The maximum absolute atomic E-state index is 11.9. The second kappa shape index (κ2) is 9.24. The molecule has 25 heavy (non-hydrogen) atoms. The molecule has 0 aliphatic carbocycles. The van der Waals surface area contributed by atoms with E-state index >= 15 is 0 Å². The summed E-state index contributed by atoms with van der Waals surface area (Å²) in [6, 6.07) is 0. The molecule has 0 bridgehead atoms. The Morgan fingerprint density at radius 2 is 1.72 bits per heavy atom. The van der Waals surface area contributed by atoms with E-state index in [-0.39, 0.29) is 17.1 Å². The largest absolute Gasteiger partial charge is 0.466 e. The van der Waals surface area contributed by atoms with Crippen molar-refractivity contribution >= 4 is 42.4 Å². The van der Waals surface area contributed by atoms with Crippen molar-refractivity contribution in [1.29, 1.82) is 0 Å². The van der Waals surface area contributed by atoms with Crippen LogP contribution in [0.4, 0.5) is 0 Å². The number of ether oxygens (including phenoxy) is 2. The van der Waals surface area contributed by atoms with Gasteiger partial charge in [0.2, 0.25) is 0 Å². The summed E-state index contributed by atoms with van der Waals surface area (Å²) in [5, 5.41) is 0.393. The maximum atomic E-state index is 11.9. The number of methoxy groups -OCH3 is 1. The molecule has 0 saturated carbocycles. The van der Waals surface area contributed by atoms with E-state index in [9.17, 15) is 4.79 Å². The molecule has 0 amide bonds. The highest BCUT2D eigenvalue weighted by Crippen LogP contribution is 2.29. The Hall–Kier alpha value is -0.0425. The summed E-state index contributed by atoms with van der Waals surface area (Å²) in [6.07, 6.45) is 5.19. The highest BCUT2D eigenvalue weighted by Gasteiger charge is 2.39. The fourth-order valence-electron chi connectivity index (χ4n) is 3.00. The van der Waals surface area contributed by atoms with Gasteiger partial charge in [0.25, 0.3) is 0 Å². The summed E-state index contributed by atoms with van der Waals surface area (Å²) in [5.41, 5.74) is 0. The van der Waals surface area contributed by atoms with E-state index in [1.54, 1.807) is 0 Å². The first-order valence-corrected chi connectivity index (χ1v) is 18.5. The number of hydrogen-bond donors (Lipinski definition) is 0. The lowest BCUT2D eigenvalue weighted by Gasteiger charge is -2.40. The summed E-state index contributed by atoms with van der Waals surface area (Å²) in [6.45, 7) is 13.9. The van der Waals surface area contributed by atoms with Gasteiger partial charge in [0.05, 0.1) is 12.3 Å². The first-order chi connectivity index (χ1) is 11.4. The molecule has 9 heteroatoms. The molecule has 146 valence electrons. The number of carbonyl (C=O) groups is 1. The average Bonchev–Trinajstić information content (AvgIpc) is 2.43. The lowest BCUT2D eigenvalue weighted by molar-refractivity contribution is -0.135. The molecular formula is C16H36O5Si4. The lowest BCUT2D eigenvalue weighted by atomic mass is 10.1. The van der Waals surface area contributed by atoms with E-state index in [4.69, 9.17) is 18.3 Å². The smallest absolute Gasteiger partial charge is 0.328 e. The molecule has 1 atom stereocenters. The molecule has 1 fully saturated rings. The van der Waals surface area contributed by atoms with Crippen LogP contribution in [-0.2, 0) is 23.1 Å². The van der Waals surface area contributed by atoms with Crippen LogP contribution < -0.4 is 0 Å². The molecule has 1 aliphatic heterocycles. The third-order valence-electron chi connectivity index (χ3n) is 3.85. The van der Waals surface area contributed by atoms with Crippen molar-refractivity contribution in [3.05, 3.63) is 11.3 Å². The molecule has 5 nitrogen and oxygen atoms in total. The van der Waals surface area contributed by atoms with Gasteiger partial charge in [0.1, 0.15) is 15.4 Å². The van der Waals surface area contributed by atoms with Crippen molar-refractivity contribution in [2.24, 2.45) is 0 Å². The molecule has 1 rings (SSSR count). The average molecular weight is 421 g/mol. The van der Waals surface area contributed by atoms with Crippen molar-refractivity contribution in [3.63, 3.8) is 0 Å². The zero-order chi connectivity index (χ0) is 19.3. The van der Waals surface area contributed by atoms with Crippen LogP contribution in [0.15, 0.2) is 11.3 Å². The van der Waals surface area contributed by atoms with Gasteiger partial charge in [-0.2, -0.15) is 0 Å². The Labute approximate surface area is 160 Å². The minimum Gasteiger partial charge on any atom is -0.466 e. The predicted octanol–water partition coefficient (Wildman–Crippen LogP) is 1.46. The normalized spacial score (nSPS) is 23.6. The standard InChI is InChI=1S/C16H36O5Si4/c1-18-14(17)13(22)12-16(10-8-9-11-19-16)23-15(20-24(2,3)4)21-25(5,6)7/h12,15H,8-11,23H2,1-7,22H3. The molecule has 0 radical (unpaired) electrons. The Kier molecular flexibility index (Phi) is 8.50. The van der Waals surface area contributed by atoms with Crippen LogP contribution in [0.1, 0.15) is 19.3 Å². The third-order valence-corrected chi connectivity index (χ3v) is 9.28. The lowest BCUT2D eigenvalue weighted by Crippen LogP contribution is -2.52. The Morgan fingerprint density at radius 1 is 1.16 bits per heavy atom. The van der Waals surface area contributed by atoms with E-state index in [0.717, 1.165) is 31.1 Å². The van der Waals surface area contributed by atoms with Gasteiger partial charge < -0.3 is 18.3 Å². The van der Waals surface area contributed by atoms with Crippen LogP contribution in [0.5, 0.6) is 0 Å². The minimum absolute atomic E-state index is 0.153. The van der Waals surface area contributed by atoms with Crippen molar-refractivity contribution in [1.82, 2.24) is 0 Å². The molecule has 1 saturated heterocycles.